The first kappa shape index (κ1) is 29.2. The molecule has 0 saturated heterocycles. The normalized spacial score (nSPS) is 20.9. The number of alkyl carbamates (subject to hydrolysis) is 1. The van der Waals surface area contributed by atoms with Crippen molar-refractivity contribution in [3.63, 3.8) is 0 Å². The molecule has 194 valence electrons. The van der Waals surface area contributed by atoms with Crippen LogP contribution in [0.1, 0.15) is 73.1 Å². The number of carboxylic acid groups (broad SMARTS) is 2. The van der Waals surface area contributed by atoms with E-state index < -0.39 is 54.0 Å². The molecule has 0 bridgehead atoms. The molecule has 0 aromatic carbocycles. The van der Waals surface area contributed by atoms with Crippen LogP contribution in [0, 0.1) is 17.8 Å². The Balaban J connectivity index is 2.55. The Morgan fingerprint density at radius 2 is 1.59 bits per heavy atom. The van der Waals surface area contributed by atoms with Gasteiger partial charge in [-0.15, -0.1) is 0 Å². The Labute approximate surface area is 200 Å². The van der Waals surface area contributed by atoms with Crippen LogP contribution in [0.15, 0.2) is 0 Å². The number of ether oxygens (including phenoxy) is 1. The molecule has 3 atom stereocenters. The number of rotatable bonds is 11. The number of hydrogen-bond acceptors (Lipinski definition) is 6. The van der Waals surface area contributed by atoms with Crippen LogP contribution in [0.25, 0.3) is 0 Å². The molecule has 0 spiro atoms. The van der Waals surface area contributed by atoms with Gasteiger partial charge in [0.2, 0.25) is 11.8 Å². The Kier molecular flexibility index (Phi) is 11.3. The molecule has 1 fully saturated rings. The molecule has 1 saturated carbocycles. The molecule has 1 rings (SSSR count). The highest BCUT2D eigenvalue weighted by atomic mass is 16.6. The first-order valence-electron chi connectivity index (χ1n) is 11.8. The predicted molar refractivity (Wildman–Crippen MR) is 123 cm³/mol. The van der Waals surface area contributed by atoms with Gasteiger partial charge in [-0.25, -0.2) is 9.59 Å². The highest BCUT2D eigenvalue weighted by Gasteiger charge is 2.32. The van der Waals surface area contributed by atoms with Crippen molar-refractivity contribution >= 4 is 29.8 Å². The number of amides is 3. The summed E-state index contributed by atoms with van der Waals surface area (Å²) in [4.78, 5) is 59.3. The van der Waals surface area contributed by atoms with E-state index in [1.54, 1.807) is 20.8 Å². The summed E-state index contributed by atoms with van der Waals surface area (Å²) >= 11 is 0. The fourth-order valence-corrected chi connectivity index (χ4v) is 3.78. The van der Waals surface area contributed by atoms with Gasteiger partial charge < -0.3 is 30.9 Å². The van der Waals surface area contributed by atoms with Crippen molar-refractivity contribution in [1.29, 1.82) is 0 Å². The molecule has 0 aromatic heterocycles. The van der Waals surface area contributed by atoms with Gasteiger partial charge in [0.05, 0.1) is 6.42 Å². The molecule has 0 aromatic rings. The van der Waals surface area contributed by atoms with Crippen LogP contribution in [0.2, 0.25) is 0 Å². The van der Waals surface area contributed by atoms with Gasteiger partial charge in [0, 0.05) is 12.5 Å². The Bertz CT molecular complexity index is 741. The summed E-state index contributed by atoms with van der Waals surface area (Å²) in [5.41, 5.74) is -0.677. The lowest BCUT2D eigenvalue weighted by molar-refractivity contribution is -0.147. The van der Waals surface area contributed by atoms with Gasteiger partial charge in [-0.1, -0.05) is 20.3 Å². The van der Waals surface area contributed by atoms with Crippen LogP contribution in [0.4, 0.5) is 4.79 Å². The number of nitrogens with one attached hydrogen (secondary N) is 3. The van der Waals surface area contributed by atoms with E-state index in [0.29, 0.717) is 38.6 Å². The van der Waals surface area contributed by atoms with Crippen LogP contribution >= 0.6 is 0 Å². The zero-order valence-corrected chi connectivity index (χ0v) is 20.7. The molecule has 0 heterocycles. The van der Waals surface area contributed by atoms with E-state index in [1.165, 1.54) is 0 Å². The molecular formula is C23H39N3O8. The first-order valence-corrected chi connectivity index (χ1v) is 11.8. The second kappa shape index (κ2) is 13.1. The molecular weight excluding hydrogens is 446 g/mol. The van der Waals surface area contributed by atoms with E-state index in [0.717, 1.165) is 0 Å². The van der Waals surface area contributed by atoms with E-state index in [4.69, 9.17) is 14.9 Å². The van der Waals surface area contributed by atoms with Crippen molar-refractivity contribution in [3.05, 3.63) is 0 Å². The first-order chi connectivity index (χ1) is 15.7. The predicted octanol–water partition coefficient (Wildman–Crippen LogP) is 1.89. The van der Waals surface area contributed by atoms with Gasteiger partial charge in [0.1, 0.15) is 17.7 Å². The van der Waals surface area contributed by atoms with Crippen molar-refractivity contribution in [1.82, 2.24) is 16.0 Å². The summed E-state index contributed by atoms with van der Waals surface area (Å²) in [6.07, 6.45) is 1.69. The molecule has 34 heavy (non-hydrogen) atoms. The van der Waals surface area contributed by atoms with E-state index >= 15 is 0 Å². The van der Waals surface area contributed by atoms with E-state index in [1.807, 2.05) is 13.8 Å². The minimum atomic E-state index is -1.46. The van der Waals surface area contributed by atoms with Crippen molar-refractivity contribution in [2.45, 2.75) is 90.8 Å². The third-order valence-electron chi connectivity index (χ3n) is 5.94. The van der Waals surface area contributed by atoms with Crippen molar-refractivity contribution in [3.8, 4) is 0 Å². The Morgan fingerprint density at radius 1 is 1.00 bits per heavy atom. The second-order valence-electron chi connectivity index (χ2n) is 9.97. The van der Waals surface area contributed by atoms with E-state index in [-0.39, 0.29) is 17.7 Å². The quantitative estimate of drug-likeness (QED) is 0.295. The highest BCUT2D eigenvalue weighted by Crippen LogP contribution is 2.28. The fraction of sp³-hybridized carbons (Fsp3) is 0.783. The second-order valence-corrected chi connectivity index (χ2v) is 9.97. The molecule has 0 aliphatic heterocycles. The van der Waals surface area contributed by atoms with Crippen LogP contribution in [-0.2, 0) is 23.9 Å². The average Bonchev–Trinajstić information content (AvgIpc) is 2.73. The molecule has 3 amide bonds. The summed E-state index contributed by atoms with van der Waals surface area (Å²) in [6.45, 7) is 9.44. The summed E-state index contributed by atoms with van der Waals surface area (Å²) < 4.78 is 5.27. The molecule has 11 heteroatoms. The Morgan fingerprint density at radius 3 is 2.06 bits per heavy atom. The molecule has 11 nitrogen and oxygen atoms in total. The van der Waals surface area contributed by atoms with Gasteiger partial charge in [0.25, 0.3) is 0 Å². The highest BCUT2D eigenvalue weighted by molar-refractivity contribution is 5.88. The third-order valence-corrected chi connectivity index (χ3v) is 5.94. The summed E-state index contributed by atoms with van der Waals surface area (Å²) in [7, 11) is 0. The van der Waals surface area contributed by atoms with Crippen LogP contribution in [0.3, 0.4) is 0 Å². The maximum atomic E-state index is 12.8. The van der Waals surface area contributed by atoms with Crippen molar-refractivity contribution < 1.29 is 38.9 Å². The maximum absolute atomic E-state index is 12.8. The van der Waals surface area contributed by atoms with E-state index in [2.05, 4.69) is 16.0 Å². The zero-order valence-electron chi connectivity index (χ0n) is 20.7. The van der Waals surface area contributed by atoms with Crippen molar-refractivity contribution in [2.24, 2.45) is 17.8 Å². The van der Waals surface area contributed by atoms with Crippen molar-refractivity contribution in [2.75, 3.05) is 6.54 Å². The molecule has 0 unspecified atom stereocenters. The SMILES string of the molecule is CC[C@H](C)[C@@H](NC(=O)OC(C)(C)C)C(=O)NCC1CCC(C(=O)N[C@H](CC(=O)O)C(=O)O)CC1. The van der Waals surface area contributed by atoms with Crippen LogP contribution in [-0.4, -0.2) is 64.3 Å². The molecule has 1 aliphatic rings. The van der Waals surface area contributed by atoms with Gasteiger partial charge in [0.15, 0.2) is 0 Å². The Hall–Kier alpha value is -2.85. The standard InChI is InChI=1S/C23H39N3O8/c1-6-13(2)18(26-22(33)34-23(3,4)5)20(30)24-12-14-7-9-15(10-8-14)19(29)25-16(21(31)32)11-17(27)28/h13-16,18H,6-12H2,1-5H3,(H,24,30)(H,25,29)(H,26,33)(H,27,28)(H,31,32)/t13-,14?,15?,16+,18+/m0/s1. The monoisotopic (exact) mass is 485 g/mol. The number of carbonyl (C=O) groups is 5. The summed E-state index contributed by atoms with van der Waals surface area (Å²) in [5, 5.41) is 25.8. The minimum Gasteiger partial charge on any atom is -0.481 e. The largest absolute Gasteiger partial charge is 0.481 e. The number of hydrogen-bond donors (Lipinski definition) is 5. The summed E-state index contributed by atoms with van der Waals surface area (Å²) in [6, 6.07) is -2.19. The lowest BCUT2D eigenvalue weighted by atomic mass is 9.81. The van der Waals surface area contributed by atoms with Gasteiger partial charge in [-0.2, -0.15) is 0 Å². The zero-order chi connectivity index (χ0) is 26.1. The van der Waals surface area contributed by atoms with Crippen LogP contribution < -0.4 is 16.0 Å². The minimum absolute atomic E-state index is 0.0973. The number of carboxylic acids is 2. The maximum Gasteiger partial charge on any atom is 0.408 e. The fourth-order valence-electron chi connectivity index (χ4n) is 3.78. The van der Waals surface area contributed by atoms with E-state index in [9.17, 15) is 24.0 Å². The molecule has 1 aliphatic carbocycles. The van der Waals surface area contributed by atoms with Crippen LogP contribution in [0.5, 0.6) is 0 Å². The lowest BCUT2D eigenvalue weighted by Gasteiger charge is -2.30. The number of aliphatic carboxylic acids is 2. The third kappa shape index (κ3) is 10.4. The molecule has 5 N–H and O–H groups in total. The molecule has 0 radical (unpaired) electrons. The van der Waals surface area contributed by atoms with Gasteiger partial charge in [-0.05, 0) is 58.3 Å². The average molecular weight is 486 g/mol. The number of carbonyl (C=O) groups excluding carboxylic acids is 3. The van der Waals surface area contributed by atoms with Gasteiger partial charge in [-0.3, -0.25) is 14.4 Å². The lowest BCUT2D eigenvalue weighted by Crippen LogP contribution is -2.52. The summed E-state index contributed by atoms with van der Waals surface area (Å²) in [5.74, 6) is -3.80. The van der Waals surface area contributed by atoms with Gasteiger partial charge >= 0.3 is 18.0 Å². The topological polar surface area (TPSA) is 171 Å². The smallest absolute Gasteiger partial charge is 0.408 e.